The molecular formula is C16H18FN. The fourth-order valence-corrected chi connectivity index (χ4v) is 2.82. The molecule has 0 amide bonds. The van der Waals surface area contributed by atoms with Crippen LogP contribution in [0.25, 0.3) is 10.8 Å². The highest BCUT2D eigenvalue weighted by Gasteiger charge is 2.11. The molecule has 2 heteroatoms. The van der Waals surface area contributed by atoms with E-state index in [0.717, 1.165) is 18.4 Å². The van der Waals surface area contributed by atoms with Crippen molar-refractivity contribution >= 4 is 10.8 Å². The standard InChI is InChI=1S/C16H18FN/c17-15-6-7-16-13(4-3-5-14(16)12-15)8-11-18-9-1-2-10-18/h3-7,12H,1-2,8-11H2. The number of benzene rings is 2. The van der Waals surface area contributed by atoms with Crippen LogP contribution in [0.2, 0.25) is 0 Å². The molecule has 0 aliphatic carbocycles. The van der Waals surface area contributed by atoms with Gasteiger partial charge in [0.15, 0.2) is 0 Å². The summed E-state index contributed by atoms with van der Waals surface area (Å²) in [5.41, 5.74) is 1.33. The summed E-state index contributed by atoms with van der Waals surface area (Å²) < 4.78 is 13.2. The van der Waals surface area contributed by atoms with Crippen LogP contribution in [0.1, 0.15) is 18.4 Å². The van der Waals surface area contributed by atoms with Crippen LogP contribution in [0.15, 0.2) is 36.4 Å². The summed E-state index contributed by atoms with van der Waals surface area (Å²) in [6, 6.07) is 11.3. The summed E-state index contributed by atoms with van der Waals surface area (Å²) in [6.07, 6.45) is 3.73. The first-order chi connectivity index (χ1) is 8.83. The zero-order valence-electron chi connectivity index (χ0n) is 10.5. The van der Waals surface area contributed by atoms with E-state index in [4.69, 9.17) is 0 Å². The molecule has 94 valence electrons. The molecule has 1 aliphatic rings. The van der Waals surface area contributed by atoms with Gasteiger partial charge in [0.2, 0.25) is 0 Å². The molecule has 0 radical (unpaired) electrons. The Bertz CT molecular complexity index is 544. The van der Waals surface area contributed by atoms with Gasteiger partial charge in [-0.15, -0.1) is 0 Å². The number of halogens is 1. The molecule has 3 rings (SSSR count). The maximum absolute atomic E-state index is 13.2. The number of hydrogen-bond acceptors (Lipinski definition) is 1. The van der Waals surface area contributed by atoms with E-state index in [-0.39, 0.29) is 5.82 Å². The van der Waals surface area contributed by atoms with Crippen molar-refractivity contribution < 1.29 is 4.39 Å². The van der Waals surface area contributed by atoms with Gasteiger partial charge in [-0.25, -0.2) is 4.39 Å². The molecule has 0 bridgehead atoms. The highest BCUT2D eigenvalue weighted by Crippen LogP contribution is 2.21. The SMILES string of the molecule is Fc1ccc2c(CCN3CCCC3)cccc2c1. The largest absolute Gasteiger partial charge is 0.303 e. The average molecular weight is 243 g/mol. The maximum atomic E-state index is 13.2. The predicted molar refractivity (Wildman–Crippen MR) is 73.3 cm³/mol. The molecule has 1 aliphatic heterocycles. The summed E-state index contributed by atoms with van der Waals surface area (Å²) in [6.45, 7) is 3.59. The van der Waals surface area contributed by atoms with Gasteiger partial charge in [-0.05, 0) is 60.8 Å². The molecule has 18 heavy (non-hydrogen) atoms. The monoisotopic (exact) mass is 243 g/mol. The third-order valence-corrected chi connectivity index (χ3v) is 3.83. The third-order valence-electron chi connectivity index (χ3n) is 3.83. The first kappa shape index (κ1) is 11.7. The Morgan fingerprint density at radius 2 is 1.89 bits per heavy atom. The van der Waals surface area contributed by atoms with E-state index >= 15 is 0 Å². The normalized spacial score (nSPS) is 16.5. The summed E-state index contributed by atoms with van der Waals surface area (Å²) in [5, 5.41) is 2.20. The molecule has 0 unspecified atom stereocenters. The van der Waals surface area contributed by atoms with Crippen LogP contribution in [-0.2, 0) is 6.42 Å². The van der Waals surface area contributed by atoms with Gasteiger partial charge in [0, 0.05) is 6.54 Å². The summed E-state index contributed by atoms with van der Waals surface area (Å²) in [4.78, 5) is 2.52. The van der Waals surface area contributed by atoms with Crippen molar-refractivity contribution in [2.75, 3.05) is 19.6 Å². The van der Waals surface area contributed by atoms with E-state index in [2.05, 4.69) is 11.0 Å². The number of rotatable bonds is 3. The van der Waals surface area contributed by atoms with E-state index in [1.54, 1.807) is 12.1 Å². The van der Waals surface area contributed by atoms with E-state index in [9.17, 15) is 4.39 Å². The number of nitrogens with zero attached hydrogens (tertiary/aromatic N) is 1. The topological polar surface area (TPSA) is 3.24 Å². The van der Waals surface area contributed by atoms with Gasteiger partial charge >= 0.3 is 0 Å². The second-order valence-corrected chi connectivity index (χ2v) is 5.08. The second kappa shape index (κ2) is 5.07. The van der Waals surface area contributed by atoms with E-state index in [1.165, 1.54) is 36.9 Å². The Kier molecular flexibility index (Phi) is 3.28. The van der Waals surface area contributed by atoms with Gasteiger partial charge in [-0.1, -0.05) is 24.3 Å². The lowest BCUT2D eigenvalue weighted by molar-refractivity contribution is 0.344. The summed E-state index contributed by atoms with van der Waals surface area (Å²) in [5.74, 6) is -0.154. The first-order valence-corrected chi connectivity index (χ1v) is 6.72. The molecule has 2 aromatic carbocycles. The van der Waals surface area contributed by atoms with Crippen LogP contribution in [0.3, 0.4) is 0 Å². The van der Waals surface area contributed by atoms with Crippen LogP contribution in [0.4, 0.5) is 4.39 Å². The van der Waals surface area contributed by atoms with Gasteiger partial charge < -0.3 is 4.90 Å². The zero-order chi connectivity index (χ0) is 12.4. The molecule has 0 aromatic heterocycles. The van der Waals surface area contributed by atoms with Crippen LogP contribution in [0.5, 0.6) is 0 Å². The van der Waals surface area contributed by atoms with Crippen LogP contribution in [0, 0.1) is 5.82 Å². The minimum absolute atomic E-state index is 0.154. The summed E-state index contributed by atoms with van der Waals surface area (Å²) >= 11 is 0. The van der Waals surface area contributed by atoms with Gasteiger partial charge in [-0.2, -0.15) is 0 Å². The van der Waals surface area contributed by atoms with Gasteiger partial charge in [0.05, 0.1) is 0 Å². The first-order valence-electron chi connectivity index (χ1n) is 6.72. The maximum Gasteiger partial charge on any atom is 0.123 e. The Morgan fingerprint density at radius 1 is 1.06 bits per heavy atom. The lowest BCUT2D eigenvalue weighted by Crippen LogP contribution is -2.21. The fourth-order valence-electron chi connectivity index (χ4n) is 2.82. The predicted octanol–water partition coefficient (Wildman–Crippen LogP) is 3.62. The van der Waals surface area contributed by atoms with Gasteiger partial charge in [-0.3, -0.25) is 0 Å². The minimum Gasteiger partial charge on any atom is -0.303 e. The van der Waals surface area contributed by atoms with Crippen LogP contribution >= 0.6 is 0 Å². The molecule has 1 heterocycles. The quantitative estimate of drug-likeness (QED) is 0.796. The molecule has 1 fully saturated rings. The number of likely N-dealkylation sites (tertiary alicyclic amines) is 1. The Balaban J connectivity index is 1.82. The van der Waals surface area contributed by atoms with E-state index in [0.29, 0.717) is 0 Å². The molecule has 2 aromatic rings. The Labute approximate surface area is 107 Å². The molecule has 0 saturated carbocycles. The molecular weight excluding hydrogens is 225 g/mol. The highest BCUT2D eigenvalue weighted by molar-refractivity contribution is 5.85. The average Bonchev–Trinajstić information content (AvgIpc) is 2.89. The van der Waals surface area contributed by atoms with Crippen molar-refractivity contribution in [2.24, 2.45) is 0 Å². The smallest absolute Gasteiger partial charge is 0.123 e. The highest BCUT2D eigenvalue weighted by atomic mass is 19.1. The van der Waals surface area contributed by atoms with Gasteiger partial charge in [0.25, 0.3) is 0 Å². The molecule has 0 spiro atoms. The van der Waals surface area contributed by atoms with Crippen LogP contribution < -0.4 is 0 Å². The number of fused-ring (bicyclic) bond motifs is 1. The third kappa shape index (κ3) is 2.39. The number of hydrogen-bond donors (Lipinski definition) is 0. The fraction of sp³-hybridized carbons (Fsp3) is 0.375. The molecule has 1 nitrogen and oxygen atoms in total. The lowest BCUT2D eigenvalue weighted by Gasteiger charge is -2.15. The second-order valence-electron chi connectivity index (χ2n) is 5.08. The van der Waals surface area contributed by atoms with Crippen molar-refractivity contribution in [1.82, 2.24) is 4.90 Å². The molecule has 0 N–H and O–H groups in total. The van der Waals surface area contributed by atoms with Crippen molar-refractivity contribution in [3.8, 4) is 0 Å². The van der Waals surface area contributed by atoms with Crippen molar-refractivity contribution in [3.63, 3.8) is 0 Å². The molecule has 1 saturated heterocycles. The van der Waals surface area contributed by atoms with E-state index < -0.39 is 0 Å². The molecule has 0 atom stereocenters. The minimum atomic E-state index is -0.154. The lowest BCUT2D eigenvalue weighted by atomic mass is 10.0. The van der Waals surface area contributed by atoms with Crippen molar-refractivity contribution in [2.45, 2.75) is 19.3 Å². The Hall–Kier alpha value is -1.41. The Morgan fingerprint density at radius 3 is 2.72 bits per heavy atom. The van der Waals surface area contributed by atoms with Gasteiger partial charge in [0.1, 0.15) is 5.82 Å². The van der Waals surface area contributed by atoms with E-state index in [1.807, 2.05) is 18.2 Å². The zero-order valence-corrected chi connectivity index (χ0v) is 10.5. The van der Waals surface area contributed by atoms with Crippen LogP contribution in [-0.4, -0.2) is 24.5 Å². The van der Waals surface area contributed by atoms with Crippen molar-refractivity contribution in [3.05, 3.63) is 47.8 Å². The van der Waals surface area contributed by atoms with Crippen molar-refractivity contribution in [1.29, 1.82) is 0 Å². The summed E-state index contributed by atoms with van der Waals surface area (Å²) in [7, 11) is 0.